The molecule has 0 bridgehead atoms. The van der Waals surface area contributed by atoms with E-state index < -0.39 is 23.7 Å². The van der Waals surface area contributed by atoms with E-state index in [1.165, 1.54) is 12.3 Å². The first-order valence-electron chi connectivity index (χ1n) is 5.55. The summed E-state index contributed by atoms with van der Waals surface area (Å²) in [5, 5.41) is 10.0. The molecule has 1 aromatic heterocycles. The largest absolute Gasteiger partial charge is 0.416 e. The molecule has 0 amide bonds. The number of alkyl halides is 3. The van der Waals surface area contributed by atoms with Crippen LogP contribution in [0.25, 0.3) is 0 Å². The first kappa shape index (κ1) is 14.3. The zero-order chi connectivity index (χ0) is 14.9. The van der Waals surface area contributed by atoms with Crippen LogP contribution in [0, 0.1) is 5.82 Å². The summed E-state index contributed by atoms with van der Waals surface area (Å²) >= 11 is 0. The number of aromatic nitrogens is 1. The summed E-state index contributed by atoms with van der Waals surface area (Å²) in [5.41, 5.74) is 4.15. The molecule has 3 nitrogen and oxygen atoms in total. The van der Waals surface area contributed by atoms with E-state index in [4.69, 9.17) is 5.73 Å². The number of nitrogens with two attached hydrogens (primary N) is 1. The molecular weight excluding hydrogens is 276 g/mol. The number of hydrogen-bond donors (Lipinski definition) is 2. The van der Waals surface area contributed by atoms with Crippen LogP contribution >= 0.6 is 0 Å². The molecule has 106 valence electrons. The van der Waals surface area contributed by atoms with Gasteiger partial charge >= 0.3 is 6.18 Å². The lowest BCUT2D eigenvalue weighted by molar-refractivity contribution is -0.137. The average molecular weight is 286 g/mol. The molecule has 1 unspecified atom stereocenters. The first-order valence-corrected chi connectivity index (χ1v) is 5.55. The van der Waals surface area contributed by atoms with E-state index >= 15 is 0 Å². The summed E-state index contributed by atoms with van der Waals surface area (Å²) in [7, 11) is 0. The first-order chi connectivity index (χ1) is 9.30. The Labute approximate surface area is 111 Å². The van der Waals surface area contributed by atoms with Gasteiger partial charge in [0.25, 0.3) is 0 Å². The van der Waals surface area contributed by atoms with Gasteiger partial charge in [-0.25, -0.2) is 4.39 Å². The standard InChI is InChI=1S/C13H10F4N2O/c14-10-6-19-4-3-8(10)12(20)9-5-7(13(15,16)17)1-2-11(9)18/h1-6,12,20H,18H2. The lowest BCUT2D eigenvalue weighted by Gasteiger charge is -2.16. The Morgan fingerprint density at radius 1 is 1.15 bits per heavy atom. The average Bonchev–Trinajstić information content (AvgIpc) is 2.37. The van der Waals surface area contributed by atoms with E-state index in [1.54, 1.807) is 0 Å². The fourth-order valence-corrected chi connectivity index (χ4v) is 1.76. The van der Waals surface area contributed by atoms with Gasteiger partial charge in [0.05, 0.1) is 11.8 Å². The second kappa shape index (κ2) is 5.09. The van der Waals surface area contributed by atoms with Crippen molar-refractivity contribution in [2.75, 3.05) is 5.73 Å². The van der Waals surface area contributed by atoms with Gasteiger partial charge in [0.15, 0.2) is 0 Å². The normalized spacial score (nSPS) is 13.2. The molecule has 1 atom stereocenters. The fraction of sp³-hybridized carbons (Fsp3) is 0.154. The minimum absolute atomic E-state index is 0.0540. The number of hydrogen-bond acceptors (Lipinski definition) is 3. The van der Waals surface area contributed by atoms with Crippen molar-refractivity contribution in [3.05, 3.63) is 59.2 Å². The second-order valence-corrected chi connectivity index (χ2v) is 4.14. The Morgan fingerprint density at radius 3 is 2.45 bits per heavy atom. The Hall–Kier alpha value is -2.15. The molecule has 2 aromatic rings. The van der Waals surface area contributed by atoms with Crippen molar-refractivity contribution in [2.45, 2.75) is 12.3 Å². The lowest BCUT2D eigenvalue weighted by Crippen LogP contribution is -2.10. The van der Waals surface area contributed by atoms with Crippen LogP contribution in [0.3, 0.4) is 0 Å². The Kier molecular flexibility index (Phi) is 3.63. The van der Waals surface area contributed by atoms with Crippen LogP contribution in [0.15, 0.2) is 36.7 Å². The number of anilines is 1. The number of halogens is 4. The van der Waals surface area contributed by atoms with E-state index in [-0.39, 0.29) is 16.8 Å². The maximum absolute atomic E-state index is 13.5. The third-order valence-electron chi connectivity index (χ3n) is 2.81. The van der Waals surface area contributed by atoms with Crippen molar-refractivity contribution in [1.82, 2.24) is 4.98 Å². The van der Waals surface area contributed by atoms with Gasteiger partial charge in [-0.15, -0.1) is 0 Å². The van der Waals surface area contributed by atoms with E-state index in [1.807, 2.05) is 0 Å². The van der Waals surface area contributed by atoms with Gasteiger partial charge in [-0.2, -0.15) is 13.2 Å². The van der Waals surface area contributed by atoms with Crippen LogP contribution in [0.2, 0.25) is 0 Å². The van der Waals surface area contributed by atoms with Crippen molar-refractivity contribution in [3.63, 3.8) is 0 Å². The highest BCUT2D eigenvalue weighted by molar-refractivity contribution is 5.52. The highest BCUT2D eigenvalue weighted by Gasteiger charge is 2.32. The smallest absolute Gasteiger partial charge is 0.398 e. The number of pyridine rings is 1. The molecule has 2 rings (SSSR count). The Balaban J connectivity index is 2.50. The summed E-state index contributed by atoms with van der Waals surface area (Å²) in [6.07, 6.45) is -4.08. The number of nitrogen functional groups attached to an aromatic ring is 1. The number of aliphatic hydroxyl groups excluding tert-OH is 1. The van der Waals surface area contributed by atoms with E-state index in [2.05, 4.69) is 4.98 Å². The van der Waals surface area contributed by atoms with Crippen LogP contribution in [0.1, 0.15) is 22.8 Å². The van der Waals surface area contributed by atoms with Gasteiger partial charge in [0.2, 0.25) is 0 Å². The van der Waals surface area contributed by atoms with E-state index in [9.17, 15) is 22.7 Å². The molecule has 0 aliphatic carbocycles. The van der Waals surface area contributed by atoms with Gasteiger partial charge in [0.1, 0.15) is 11.9 Å². The molecule has 3 N–H and O–H groups in total. The van der Waals surface area contributed by atoms with E-state index in [0.717, 1.165) is 18.3 Å². The van der Waals surface area contributed by atoms with Crippen LogP contribution < -0.4 is 5.73 Å². The maximum Gasteiger partial charge on any atom is 0.416 e. The van der Waals surface area contributed by atoms with Crippen molar-refractivity contribution in [3.8, 4) is 0 Å². The van der Waals surface area contributed by atoms with Crippen LogP contribution in [0.5, 0.6) is 0 Å². The zero-order valence-corrected chi connectivity index (χ0v) is 10.0. The monoisotopic (exact) mass is 286 g/mol. The summed E-state index contributed by atoms with van der Waals surface area (Å²) in [4.78, 5) is 3.50. The SMILES string of the molecule is Nc1ccc(C(F)(F)F)cc1C(O)c1ccncc1F. The summed E-state index contributed by atoms with van der Waals surface area (Å²) in [6.45, 7) is 0. The fourth-order valence-electron chi connectivity index (χ4n) is 1.76. The van der Waals surface area contributed by atoms with E-state index in [0.29, 0.717) is 6.07 Å². The van der Waals surface area contributed by atoms with Gasteiger partial charge in [0, 0.05) is 23.0 Å². The molecule has 0 aliphatic rings. The quantitative estimate of drug-likeness (QED) is 0.659. The zero-order valence-electron chi connectivity index (χ0n) is 10.0. The molecule has 0 aliphatic heterocycles. The van der Waals surface area contributed by atoms with Crippen molar-refractivity contribution in [2.24, 2.45) is 0 Å². The molecule has 0 fully saturated rings. The summed E-state index contributed by atoms with van der Waals surface area (Å²) in [5.74, 6) is -0.822. The molecule has 0 radical (unpaired) electrons. The molecule has 0 saturated heterocycles. The van der Waals surface area contributed by atoms with Crippen molar-refractivity contribution in [1.29, 1.82) is 0 Å². The number of rotatable bonds is 2. The minimum atomic E-state index is -4.57. The molecule has 1 aromatic carbocycles. The lowest BCUT2D eigenvalue weighted by atomic mass is 9.98. The van der Waals surface area contributed by atoms with Gasteiger partial charge < -0.3 is 10.8 Å². The summed E-state index contributed by atoms with van der Waals surface area (Å²) in [6, 6.07) is 3.72. The minimum Gasteiger partial charge on any atom is -0.398 e. The van der Waals surface area contributed by atoms with Crippen LogP contribution in [0.4, 0.5) is 23.2 Å². The Morgan fingerprint density at radius 2 is 1.85 bits per heavy atom. The number of benzene rings is 1. The van der Waals surface area contributed by atoms with Crippen LogP contribution in [-0.2, 0) is 6.18 Å². The number of nitrogens with zero attached hydrogens (tertiary/aromatic N) is 1. The molecular formula is C13H10F4N2O. The third-order valence-corrected chi connectivity index (χ3v) is 2.81. The summed E-state index contributed by atoms with van der Waals surface area (Å²) < 4.78 is 51.4. The van der Waals surface area contributed by atoms with Gasteiger partial charge in [-0.3, -0.25) is 4.98 Å². The predicted molar refractivity (Wildman–Crippen MR) is 64.1 cm³/mol. The molecule has 1 heterocycles. The predicted octanol–water partition coefficient (Wildman–Crippen LogP) is 2.90. The molecule has 7 heteroatoms. The van der Waals surface area contributed by atoms with Gasteiger partial charge in [-0.05, 0) is 24.3 Å². The molecule has 20 heavy (non-hydrogen) atoms. The van der Waals surface area contributed by atoms with Gasteiger partial charge in [-0.1, -0.05) is 0 Å². The highest BCUT2D eigenvalue weighted by Crippen LogP contribution is 2.35. The third kappa shape index (κ3) is 2.72. The highest BCUT2D eigenvalue weighted by atomic mass is 19.4. The molecule has 0 spiro atoms. The van der Waals surface area contributed by atoms with Crippen molar-refractivity contribution >= 4 is 5.69 Å². The Bertz CT molecular complexity index is 628. The number of aliphatic hydroxyl groups is 1. The maximum atomic E-state index is 13.5. The topological polar surface area (TPSA) is 59.1 Å². The van der Waals surface area contributed by atoms with Crippen molar-refractivity contribution < 1.29 is 22.7 Å². The second-order valence-electron chi connectivity index (χ2n) is 4.14. The van der Waals surface area contributed by atoms with Crippen LogP contribution in [-0.4, -0.2) is 10.1 Å². The molecule has 0 saturated carbocycles.